The van der Waals surface area contributed by atoms with Crippen molar-refractivity contribution in [2.24, 2.45) is 0 Å². The molecule has 164 valence electrons. The molecule has 0 amide bonds. The Labute approximate surface area is 194 Å². The number of thiophene rings is 1. The van der Waals surface area contributed by atoms with Crippen LogP contribution in [0, 0.1) is 6.92 Å². The average Bonchev–Trinajstić information content (AvgIpc) is 3.17. The molecular weight excluding hydrogens is 446 g/mol. The van der Waals surface area contributed by atoms with Crippen LogP contribution in [0.2, 0.25) is 5.02 Å². The van der Waals surface area contributed by atoms with Crippen LogP contribution in [0.5, 0.6) is 5.75 Å². The summed E-state index contributed by atoms with van der Waals surface area (Å²) in [5.41, 5.74) is 3.44. The lowest BCUT2D eigenvalue weighted by atomic mass is 9.97. The fraction of sp³-hybridized carbons (Fsp3) is 0.208. The summed E-state index contributed by atoms with van der Waals surface area (Å²) < 4.78 is 0. The van der Waals surface area contributed by atoms with Crippen LogP contribution < -0.4 is 5.32 Å². The van der Waals surface area contributed by atoms with Crippen molar-refractivity contribution < 1.29 is 15.0 Å². The summed E-state index contributed by atoms with van der Waals surface area (Å²) in [5.74, 6) is -0.473. The van der Waals surface area contributed by atoms with Crippen LogP contribution in [0.25, 0.3) is 21.3 Å². The number of carboxylic acid groups (broad SMARTS) is 1. The second-order valence-electron chi connectivity index (χ2n) is 7.45. The van der Waals surface area contributed by atoms with E-state index in [1.165, 1.54) is 6.33 Å². The minimum Gasteiger partial charge on any atom is -0.506 e. The number of aryl methyl sites for hydroxylation is 1. The zero-order valence-corrected chi connectivity index (χ0v) is 19.2. The Morgan fingerprint density at radius 3 is 2.62 bits per heavy atom. The number of rotatable bonds is 7. The number of fused-ring (bicyclic) bond motifs is 1. The number of carbonyl (C=O) groups is 1. The molecular formula is C24H22ClN3O3S. The van der Waals surface area contributed by atoms with Crippen LogP contribution in [0.1, 0.15) is 22.9 Å². The van der Waals surface area contributed by atoms with Crippen molar-refractivity contribution in [2.45, 2.75) is 32.7 Å². The Morgan fingerprint density at radius 1 is 1.19 bits per heavy atom. The van der Waals surface area contributed by atoms with E-state index in [1.54, 1.807) is 17.4 Å². The van der Waals surface area contributed by atoms with Gasteiger partial charge in [-0.2, -0.15) is 0 Å². The van der Waals surface area contributed by atoms with Crippen LogP contribution in [-0.4, -0.2) is 32.2 Å². The van der Waals surface area contributed by atoms with Gasteiger partial charge in [-0.15, -0.1) is 11.3 Å². The summed E-state index contributed by atoms with van der Waals surface area (Å²) >= 11 is 7.88. The molecule has 0 fully saturated rings. The molecule has 0 aliphatic rings. The standard InChI is InChI=1S/C24H22ClN3O3S/c1-3-18-19(15-9-10-17(29)21(25)13(15)2)20-22(26-12-27-23(20)32-18)28-16(24(30)31)11-14-7-5-4-6-8-14/h4-10,12,16,29H,3,11H2,1-2H3,(H,30,31)(H,26,27,28)/t16-/m1/s1. The number of nitrogens with one attached hydrogen (secondary N) is 1. The van der Waals surface area contributed by atoms with Gasteiger partial charge in [-0.1, -0.05) is 54.9 Å². The molecule has 2 aromatic heterocycles. The van der Waals surface area contributed by atoms with Gasteiger partial charge in [0.15, 0.2) is 0 Å². The minimum atomic E-state index is -0.961. The van der Waals surface area contributed by atoms with E-state index < -0.39 is 12.0 Å². The average molecular weight is 468 g/mol. The number of benzene rings is 2. The topological polar surface area (TPSA) is 95.3 Å². The number of nitrogens with zero attached hydrogens (tertiary/aromatic N) is 2. The third-order valence-corrected chi connectivity index (χ3v) is 7.13. The maximum atomic E-state index is 12.0. The SMILES string of the molecule is CCc1sc2ncnc(N[C@H](Cc3ccccc3)C(=O)O)c2c1-c1ccc(O)c(Cl)c1C. The van der Waals surface area contributed by atoms with Crippen molar-refractivity contribution in [1.82, 2.24) is 9.97 Å². The smallest absolute Gasteiger partial charge is 0.326 e. The van der Waals surface area contributed by atoms with Gasteiger partial charge in [0.2, 0.25) is 0 Å². The molecule has 0 saturated heterocycles. The number of aromatic hydroxyl groups is 1. The van der Waals surface area contributed by atoms with Gasteiger partial charge in [-0.3, -0.25) is 0 Å². The molecule has 2 aromatic carbocycles. The molecule has 2 heterocycles. The van der Waals surface area contributed by atoms with Gasteiger partial charge < -0.3 is 15.5 Å². The quantitative estimate of drug-likeness (QED) is 0.323. The maximum absolute atomic E-state index is 12.0. The van der Waals surface area contributed by atoms with Crippen LogP contribution in [-0.2, 0) is 17.6 Å². The first-order valence-electron chi connectivity index (χ1n) is 10.2. The highest BCUT2D eigenvalue weighted by atomic mass is 35.5. The lowest BCUT2D eigenvalue weighted by Crippen LogP contribution is -2.32. The van der Waals surface area contributed by atoms with Crippen LogP contribution >= 0.6 is 22.9 Å². The molecule has 1 atom stereocenters. The summed E-state index contributed by atoms with van der Waals surface area (Å²) in [4.78, 5) is 22.8. The summed E-state index contributed by atoms with van der Waals surface area (Å²) in [6.07, 6.45) is 2.52. The lowest BCUT2D eigenvalue weighted by molar-refractivity contribution is -0.137. The second kappa shape index (κ2) is 9.14. The van der Waals surface area contributed by atoms with Crippen molar-refractivity contribution in [3.8, 4) is 16.9 Å². The molecule has 0 spiro atoms. The monoisotopic (exact) mass is 467 g/mol. The van der Waals surface area contributed by atoms with Crippen LogP contribution in [0.15, 0.2) is 48.8 Å². The summed E-state index contributed by atoms with van der Waals surface area (Å²) in [6.45, 7) is 3.91. The Hall–Kier alpha value is -3.16. The van der Waals surface area contributed by atoms with E-state index in [0.717, 1.165) is 43.8 Å². The molecule has 32 heavy (non-hydrogen) atoms. The normalized spacial score (nSPS) is 12.1. The van der Waals surface area contributed by atoms with Crippen LogP contribution in [0.3, 0.4) is 0 Å². The summed E-state index contributed by atoms with van der Waals surface area (Å²) in [5, 5.41) is 24.1. The van der Waals surface area contributed by atoms with Gasteiger partial charge >= 0.3 is 5.97 Å². The van der Waals surface area contributed by atoms with Crippen molar-refractivity contribution in [3.63, 3.8) is 0 Å². The highest BCUT2D eigenvalue weighted by Crippen LogP contribution is 2.44. The number of hydrogen-bond donors (Lipinski definition) is 3. The predicted octanol–water partition coefficient (Wildman–Crippen LogP) is 5.70. The highest BCUT2D eigenvalue weighted by molar-refractivity contribution is 7.19. The van der Waals surface area contributed by atoms with Gasteiger partial charge in [0.05, 0.1) is 10.4 Å². The molecule has 0 saturated carbocycles. The van der Waals surface area contributed by atoms with E-state index in [1.807, 2.05) is 43.3 Å². The molecule has 0 aliphatic heterocycles. The van der Waals surface area contributed by atoms with Gasteiger partial charge in [-0.25, -0.2) is 14.8 Å². The molecule has 0 radical (unpaired) electrons. The number of phenols is 1. The molecule has 8 heteroatoms. The van der Waals surface area contributed by atoms with Crippen molar-refractivity contribution in [2.75, 3.05) is 5.32 Å². The lowest BCUT2D eigenvalue weighted by Gasteiger charge is -2.17. The number of carboxylic acids is 1. The van der Waals surface area contributed by atoms with E-state index in [4.69, 9.17) is 11.6 Å². The fourth-order valence-electron chi connectivity index (χ4n) is 3.78. The Bertz CT molecular complexity index is 1290. The van der Waals surface area contributed by atoms with E-state index in [9.17, 15) is 15.0 Å². The first-order chi connectivity index (χ1) is 15.4. The number of aliphatic carboxylic acids is 1. The summed E-state index contributed by atoms with van der Waals surface area (Å²) in [6, 6.07) is 12.0. The Balaban J connectivity index is 1.85. The zero-order valence-electron chi connectivity index (χ0n) is 17.6. The Morgan fingerprint density at radius 2 is 1.94 bits per heavy atom. The first kappa shape index (κ1) is 22.0. The summed E-state index contributed by atoms with van der Waals surface area (Å²) in [7, 11) is 0. The largest absolute Gasteiger partial charge is 0.506 e. The van der Waals surface area contributed by atoms with Crippen molar-refractivity contribution in [1.29, 1.82) is 0 Å². The van der Waals surface area contributed by atoms with Gasteiger partial charge in [0, 0.05) is 16.9 Å². The number of halogens is 1. The molecule has 4 aromatic rings. The Kier molecular flexibility index (Phi) is 6.30. The second-order valence-corrected chi connectivity index (χ2v) is 8.91. The van der Waals surface area contributed by atoms with E-state index in [2.05, 4.69) is 22.2 Å². The zero-order chi connectivity index (χ0) is 22.8. The van der Waals surface area contributed by atoms with Crippen molar-refractivity contribution >= 4 is 44.9 Å². The molecule has 3 N–H and O–H groups in total. The number of anilines is 1. The third-order valence-electron chi connectivity index (χ3n) is 5.41. The molecule has 6 nitrogen and oxygen atoms in total. The molecule has 0 aliphatic carbocycles. The third kappa shape index (κ3) is 4.13. The minimum absolute atomic E-state index is 0.0221. The van der Waals surface area contributed by atoms with Gasteiger partial charge in [0.1, 0.15) is 28.8 Å². The fourth-order valence-corrected chi connectivity index (χ4v) is 5.04. The predicted molar refractivity (Wildman–Crippen MR) is 129 cm³/mol. The van der Waals surface area contributed by atoms with Gasteiger partial charge in [-0.05, 0) is 36.1 Å². The van der Waals surface area contributed by atoms with Crippen molar-refractivity contribution in [3.05, 3.63) is 69.8 Å². The molecule has 4 rings (SSSR count). The highest BCUT2D eigenvalue weighted by Gasteiger charge is 2.24. The number of hydrogen-bond acceptors (Lipinski definition) is 6. The molecule has 0 unspecified atom stereocenters. The first-order valence-corrected chi connectivity index (χ1v) is 11.4. The number of phenolic OH excluding ortho intramolecular Hbond substituents is 1. The maximum Gasteiger partial charge on any atom is 0.326 e. The van der Waals surface area contributed by atoms with Crippen LogP contribution in [0.4, 0.5) is 5.82 Å². The van der Waals surface area contributed by atoms with E-state index in [0.29, 0.717) is 17.3 Å². The number of aromatic nitrogens is 2. The van der Waals surface area contributed by atoms with E-state index >= 15 is 0 Å². The van der Waals surface area contributed by atoms with Gasteiger partial charge in [0.25, 0.3) is 0 Å². The molecule has 0 bridgehead atoms. The van der Waals surface area contributed by atoms with E-state index in [-0.39, 0.29) is 5.75 Å².